The Bertz CT molecular complexity index is 252. The van der Waals surface area contributed by atoms with Gasteiger partial charge in [-0.05, 0) is 19.8 Å². The summed E-state index contributed by atoms with van der Waals surface area (Å²) in [6, 6.07) is 0. The number of hydroxylamine groups is 2. The summed E-state index contributed by atoms with van der Waals surface area (Å²) in [5.41, 5.74) is -0.385. The van der Waals surface area contributed by atoms with Crippen molar-refractivity contribution in [3.63, 3.8) is 0 Å². The fourth-order valence-corrected chi connectivity index (χ4v) is 2.94. The van der Waals surface area contributed by atoms with Crippen molar-refractivity contribution in [1.82, 2.24) is 5.06 Å². The average Bonchev–Trinajstić information content (AvgIpc) is 2.46. The van der Waals surface area contributed by atoms with E-state index in [1.54, 1.807) is 0 Å². The molecule has 0 aliphatic rings. The Hall–Kier alpha value is -0.570. The number of carbonyl (C=O) groups excluding carboxylic acids is 1. The minimum atomic E-state index is -0.385. The third kappa shape index (κ3) is 9.13. The Morgan fingerprint density at radius 1 is 0.857 bits per heavy atom. The summed E-state index contributed by atoms with van der Waals surface area (Å²) in [6.45, 7) is 7.91. The molecule has 0 rings (SSSR count). The topological polar surface area (TPSA) is 40.5 Å². The second-order valence-electron chi connectivity index (χ2n) is 6.66. The SMILES string of the molecule is CCCCCCCC(C)(CCCCCCC)N(O)C(C)=O. The Morgan fingerprint density at radius 3 is 1.57 bits per heavy atom. The maximum absolute atomic E-state index is 11.5. The minimum absolute atomic E-state index is 0.236. The summed E-state index contributed by atoms with van der Waals surface area (Å²) in [7, 11) is 0. The maximum Gasteiger partial charge on any atom is 0.243 e. The third-order valence-corrected chi connectivity index (χ3v) is 4.45. The molecule has 1 N–H and O–H groups in total. The van der Waals surface area contributed by atoms with Crippen molar-refractivity contribution in [3.05, 3.63) is 0 Å². The monoisotopic (exact) mass is 299 g/mol. The first-order valence-electron chi connectivity index (χ1n) is 8.97. The molecule has 0 aromatic carbocycles. The van der Waals surface area contributed by atoms with Crippen molar-refractivity contribution >= 4 is 5.91 Å². The largest absolute Gasteiger partial charge is 0.285 e. The molecule has 1 amide bonds. The lowest BCUT2D eigenvalue weighted by Gasteiger charge is -2.36. The summed E-state index contributed by atoms with van der Waals surface area (Å²) in [5.74, 6) is -0.236. The van der Waals surface area contributed by atoms with Gasteiger partial charge in [0.2, 0.25) is 5.91 Å². The Kier molecular flexibility index (Phi) is 11.7. The van der Waals surface area contributed by atoms with E-state index in [0.29, 0.717) is 0 Å². The quantitative estimate of drug-likeness (QED) is 0.269. The highest BCUT2D eigenvalue weighted by Gasteiger charge is 2.32. The number of nitrogens with zero attached hydrogens (tertiary/aromatic N) is 1. The van der Waals surface area contributed by atoms with Gasteiger partial charge in [0.15, 0.2) is 0 Å². The predicted octanol–water partition coefficient (Wildman–Crippen LogP) is 5.70. The number of unbranched alkanes of at least 4 members (excludes halogenated alkanes) is 8. The van der Waals surface area contributed by atoms with Crippen molar-refractivity contribution in [1.29, 1.82) is 0 Å². The lowest BCUT2D eigenvalue weighted by atomic mass is 9.87. The minimum Gasteiger partial charge on any atom is -0.285 e. The summed E-state index contributed by atoms with van der Waals surface area (Å²) in [5, 5.41) is 11.1. The summed E-state index contributed by atoms with van der Waals surface area (Å²) in [6.07, 6.45) is 14.0. The summed E-state index contributed by atoms with van der Waals surface area (Å²) < 4.78 is 0. The highest BCUT2D eigenvalue weighted by Crippen LogP contribution is 2.28. The normalized spacial score (nSPS) is 11.7. The molecule has 0 saturated heterocycles. The number of hydrogen-bond acceptors (Lipinski definition) is 2. The zero-order chi connectivity index (χ0) is 16.1. The number of amides is 1. The third-order valence-electron chi connectivity index (χ3n) is 4.45. The van der Waals surface area contributed by atoms with Crippen LogP contribution < -0.4 is 0 Å². The van der Waals surface area contributed by atoms with Crippen LogP contribution >= 0.6 is 0 Å². The lowest BCUT2D eigenvalue weighted by molar-refractivity contribution is -0.192. The molecule has 0 radical (unpaired) electrons. The molecule has 0 aromatic heterocycles. The number of hydrogen-bond donors (Lipinski definition) is 1. The van der Waals surface area contributed by atoms with Gasteiger partial charge in [-0.3, -0.25) is 10.0 Å². The van der Waals surface area contributed by atoms with Gasteiger partial charge in [0.25, 0.3) is 0 Å². The summed E-state index contributed by atoms with van der Waals surface area (Å²) in [4.78, 5) is 11.5. The molecule has 0 bridgehead atoms. The Morgan fingerprint density at radius 2 is 1.24 bits per heavy atom. The molecular formula is C18H37NO2. The maximum atomic E-state index is 11.5. The van der Waals surface area contributed by atoms with Crippen molar-refractivity contribution in [2.45, 2.75) is 110 Å². The van der Waals surface area contributed by atoms with Crippen LogP contribution in [0.25, 0.3) is 0 Å². The first kappa shape index (κ1) is 20.4. The van der Waals surface area contributed by atoms with Crippen molar-refractivity contribution in [3.8, 4) is 0 Å². The molecule has 21 heavy (non-hydrogen) atoms. The van der Waals surface area contributed by atoms with Crippen molar-refractivity contribution in [2.24, 2.45) is 0 Å². The predicted molar refractivity (Wildman–Crippen MR) is 89.5 cm³/mol. The van der Waals surface area contributed by atoms with Crippen LogP contribution in [0.3, 0.4) is 0 Å². The van der Waals surface area contributed by atoms with Gasteiger partial charge in [0.05, 0.1) is 5.54 Å². The van der Waals surface area contributed by atoms with E-state index in [2.05, 4.69) is 13.8 Å². The second-order valence-corrected chi connectivity index (χ2v) is 6.66. The molecule has 0 aliphatic carbocycles. The van der Waals surface area contributed by atoms with Crippen molar-refractivity contribution < 1.29 is 10.0 Å². The van der Waals surface area contributed by atoms with Gasteiger partial charge in [-0.1, -0.05) is 78.1 Å². The molecule has 126 valence electrons. The van der Waals surface area contributed by atoms with Crippen LogP contribution in [0, 0.1) is 0 Å². The standard InChI is InChI=1S/C18H37NO2/c1-5-7-9-11-13-15-18(4,19(21)17(3)20)16-14-12-10-8-6-2/h21H,5-16H2,1-4H3. The van der Waals surface area contributed by atoms with Crippen LogP contribution in [0.1, 0.15) is 105 Å². The molecule has 3 nitrogen and oxygen atoms in total. The van der Waals surface area contributed by atoms with Crippen LogP contribution in [-0.4, -0.2) is 21.7 Å². The fourth-order valence-electron chi connectivity index (χ4n) is 2.94. The molecule has 0 saturated carbocycles. The van der Waals surface area contributed by atoms with E-state index in [9.17, 15) is 10.0 Å². The molecule has 0 atom stereocenters. The van der Waals surface area contributed by atoms with E-state index in [0.717, 1.165) is 30.7 Å². The van der Waals surface area contributed by atoms with Crippen LogP contribution in [0.5, 0.6) is 0 Å². The number of rotatable bonds is 13. The second kappa shape index (κ2) is 12.0. The van der Waals surface area contributed by atoms with Gasteiger partial charge in [-0.15, -0.1) is 0 Å². The Balaban J connectivity index is 4.24. The lowest BCUT2D eigenvalue weighted by Crippen LogP contribution is -2.46. The number of carbonyl (C=O) groups is 1. The molecular weight excluding hydrogens is 262 g/mol. The molecule has 0 heterocycles. The van der Waals surface area contributed by atoms with Crippen LogP contribution in [0.2, 0.25) is 0 Å². The van der Waals surface area contributed by atoms with E-state index in [-0.39, 0.29) is 11.4 Å². The first-order chi connectivity index (χ1) is 9.98. The zero-order valence-corrected chi connectivity index (χ0v) is 14.8. The summed E-state index contributed by atoms with van der Waals surface area (Å²) >= 11 is 0. The first-order valence-corrected chi connectivity index (χ1v) is 8.97. The fraction of sp³-hybridized carbons (Fsp3) is 0.944. The highest BCUT2D eigenvalue weighted by molar-refractivity contribution is 5.72. The van der Waals surface area contributed by atoms with Crippen LogP contribution in [0.4, 0.5) is 0 Å². The van der Waals surface area contributed by atoms with E-state index in [1.165, 1.54) is 58.3 Å². The van der Waals surface area contributed by atoms with Gasteiger partial charge in [-0.25, -0.2) is 5.06 Å². The van der Waals surface area contributed by atoms with E-state index < -0.39 is 0 Å². The smallest absolute Gasteiger partial charge is 0.243 e. The van der Waals surface area contributed by atoms with Gasteiger partial charge in [0.1, 0.15) is 0 Å². The van der Waals surface area contributed by atoms with Gasteiger partial charge < -0.3 is 0 Å². The van der Waals surface area contributed by atoms with Gasteiger partial charge >= 0.3 is 0 Å². The molecule has 0 fully saturated rings. The van der Waals surface area contributed by atoms with E-state index >= 15 is 0 Å². The van der Waals surface area contributed by atoms with Gasteiger partial charge in [0, 0.05) is 6.92 Å². The molecule has 3 heteroatoms. The van der Waals surface area contributed by atoms with E-state index in [1.807, 2.05) is 6.92 Å². The molecule has 0 aromatic rings. The zero-order valence-electron chi connectivity index (χ0n) is 14.8. The molecule has 0 spiro atoms. The Labute approximate surface area is 132 Å². The van der Waals surface area contributed by atoms with E-state index in [4.69, 9.17) is 0 Å². The molecule has 0 unspecified atom stereocenters. The van der Waals surface area contributed by atoms with Crippen LogP contribution in [0.15, 0.2) is 0 Å². The molecule has 0 aliphatic heterocycles. The van der Waals surface area contributed by atoms with Gasteiger partial charge in [-0.2, -0.15) is 0 Å². The van der Waals surface area contributed by atoms with Crippen LogP contribution in [-0.2, 0) is 4.79 Å². The highest BCUT2D eigenvalue weighted by atomic mass is 16.5. The van der Waals surface area contributed by atoms with Crippen molar-refractivity contribution in [2.75, 3.05) is 0 Å². The average molecular weight is 299 g/mol.